The van der Waals surface area contributed by atoms with E-state index >= 15 is 0 Å². The number of methoxy groups -OCH3 is 1. The Bertz CT molecular complexity index is 1070. The van der Waals surface area contributed by atoms with Crippen molar-refractivity contribution in [3.63, 3.8) is 0 Å². The minimum Gasteiger partial charge on any atom is -0.493 e. The second-order valence-electron chi connectivity index (χ2n) is 6.15. The number of para-hydroxylation sites is 2. The van der Waals surface area contributed by atoms with E-state index in [-0.39, 0.29) is 18.1 Å². The van der Waals surface area contributed by atoms with Crippen molar-refractivity contribution in [1.29, 1.82) is 0 Å². The Labute approximate surface area is 181 Å². The predicted octanol–water partition coefficient (Wildman–Crippen LogP) is 4.87. The number of rotatable bonds is 7. The summed E-state index contributed by atoms with van der Waals surface area (Å²) in [6.45, 7) is -0.221. The predicted molar refractivity (Wildman–Crippen MR) is 116 cm³/mol. The highest BCUT2D eigenvalue weighted by Crippen LogP contribution is 2.25. The summed E-state index contributed by atoms with van der Waals surface area (Å²) in [5, 5.41) is 5.30. The summed E-state index contributed by atoms with van der Waals surface area (Å²) in [4.78, 5) is 24.5. The monoisotopic (exact) mass is 472 g/mol. The van der Waals surface area contributed by atoms with Gasteiger partial charge in [0.2, 0.25) is 0 Å². The fourth-order valence-electron chi connectivity index (χ4n) is 2.63. The van der Waals surface area contributed by atoms with Crippen LogP contribution in [0.15, 0.2) is 71.2 Å². The second kappa shape index (κ2) is 9.89. The lowest BCUT2D eigenvalue weighted by Crippen LogP contribution is -2.20. The van der Waals surface area contributed by atoms with Crippen molar-refractivity contribution in [2.45, 2.75) is 0 Å². The van der Waals surface area contributed by atoms with Crippen LogP contribution in [0.25, 0.3) is 0 Å². The molecule has 0 atom stereocenters. The Morgan fingerprint density at radius 1 is 0.933 bits per heavy atom. The Hall–Kier alpha value is -3.39. The molecule has 0 aliphatic rings. The van der Waals surface area contributed by atoms with Gasteiger partial charge in [0.1, 0.15) is 5.82 Å². The molecular formula is C22H18BrFN2O4. The van der Waals surface area contributed by atoms with Crippen LogP contribution in [0.4, 0.5) is 15.8 Å². The smallest absolute Gasteiger partial charge is 0.262 e. The molecule has 3 aromatic rings. The number of carbonyl (C=O) groups is 2. The van der Waals surface area contributed by atoms with Crippen LogP contribution in [-0.2, 0) is 4.79 Å². The maximum absolute atomic E-state index is 14.0. The molecule has 0 aliphatic carbocycles. The van der Waals surface area contributed by atoms with Gasteiger partial charge >= 0.3 is 0 Å². The molecule has 0 spiro atoms. The van der Waals surface area contributed by atoms with Gasteiger partial charge in [-0.1, -0.05) is 34.1 Å². The molecule has 30 heavy (non-hydrogen) atoms. The molecule has 0 aromatic heterocycles. The molecule has 0 saturated carbocycles. The fraction of sp³-hybridized carbons (Fsp3) is 0.0909. The van der Waals surface area contributed by atoms with Gasteiger partial charge in [0.05, 0.1) is 12.7 Å². The Kier molecular flexibility index (Phi) is 7.03. The molecule has 8 heteroatoms. The van der Waals surface area contributed by atoms with E-state index in [0.717, 1.165) is 0 Å². The number of nitrogens with one attached hydrogen (secondary N) is 2. The highest BCUT2D eigenvalue weighted by atomic mass is 79.9. The van der Waals surface area contributed by atoms with E-state index < -0.39 is 11.7 Å². The third kappa shape index (κ3) is 5.57. The van der Waals surface area contributed by atoms with Crippen molar-refractivity contribution in [3.05, 3.63) is 82.6 Å². The zero-order valence-corrected chi connectivity index (χ0v) is 17.5. The van der Waals surface area contributed by atoms with E-state index in [2.05, 4.69) is 26.6 Å². The van der Waals surface area contributed by atoms with Gasteiger partial charge in [0.15, 0.2) is 18.1 Å². The van der Waals surface area contributed by atoms with Crippen LogP contribution in [0.1, 0.15) is 10.4 Å². The maximum Gasteiger partial charge on any atom is 0.262 e. The molecule has 3 rings (SSSR count). The van der Waals surface area contributed by atoms with Crippen LogP contribution in [0.5, 0.6) is 11.5 Å². The minimum atomic E-state index is -0.639. The van der Waals surface area contributed by atoms with Crippen molar-refractivity contribution in [2.75, 3.05) is 24.4 Å². The van der Waals surface area contributed by atoms with Gasteiger partial charge in [-0.15, -0.1) is 0 Å². The summed E-state index contributed by atoms with van der Waals surface area (Å²) in [6.07, 6.45) is 0. The Morgan fingerprint density at radius 2 is 1.63 bits per heavy atom. The molecule has 0 heterocycles. The molecule has 6 nitrogen and oxygen atoms in total. The molecule has 0 radical (unpaired) electrons. The second-order valence-corrected chi connectivity index (χ2v) is 7.06. The molecule has 0 fully saturated rings. The Morgan fingerprint density at radius 3 is 2.33 bits per heavy atom. The van der Waals surface area contributed by atoms with Crippen molar-refractivity contribution in [2.24, 2.45) is 0 Å². The number of halogens is 2. The standard InChI is InChI=1S/C22H18BrFN2O4/c1-29-19-7-2-3-8-20(19)30-13-21(27)25-15-5-4-6-16(12-15)26-22(28)17-10-9-14(23)11-18(17)24/h2-12H,13H2,1H3,(H,25,27)(H,26,28). The van der Waals surface area contributed by atoms with E-state index in [1.165, 1.54) is 19.2 Å². The normalized spacial score (nSPS) is 10.2. The van der Waals surface area contributed by atoms with Crippen molar-refractivity contribution in [1.82, 2.24) is 0 Å². The summed E-state index contributed by atoms with van der Waals surface area (Å²) < 4.78 is 25.2. The average molecular weight is 473 g/mol. The van der Waals surface area contributed by atoms with Gasteiger partial charge in [-0.25, -0.2) is 4.39 Å². The first kappa shape index (κ1) is 21.3. The van der Waals surface area contributed by atoms with Crippen LogP contribution < -0.4 is 20.1 Å². The topological polar surface area (TPSA) is 76.7 Å². The van der Waals surface area contributed by atoms with E-state index in [1.807, 2.05) is 0 Å². The lowest BCUT2D eigenvalue weighted by Gasteiger charge is -2.11. The number of carbonyl (C=O) groups excluding carboxylic acids is 2. The summed E-state index contributed by atoms with van der Waals surface area (Å²) in [6, 6.07) is 17.7. The highest BCUT2D eigenvalue weighted by molar-refractivity contribution is 9.10. The van der Waals surface area contributed by atoms with Crippen LogP contribution in [0, 0.1) is 5.82 Å². The number of amides is 2. The SMILES string of the molecule is COc1ccccc1OCC(=O)Nc1cccc(NC(=O)c2ccc(Br)cc2F)c1. The first-order valence-corrected chi connectivity index (χ1v) is 9.67. The molecule has 154 valence electrons. The summed E-state index contributed by atoms with van der Waals surface area (Å²) >= 11 is 3.15. The number of benzene rings is 3. The minimum absolute atomic E-state index is 0.0853. The van der Waals surface area contributed by atoms with Gasteiger partial charge < -0.3 is 20.1 Å². The number of hydrogen-bond donors (Lipinski definition) is 2. The van der Waals surface area contributed by atoms with Crippen LogP contribution in [0.2, 0.25) is 0 Å². The quantitative estimate of drug-likeness (QED) is 0.514. The molecule has 3 aromatic carbocycles. The van der Waals surface area contributed by atoms with Gasteiger partial charge in [-0.3, -0.25) is 9.59 Å². The summed E-state index contributed by atoms with van der Waals surface area (Å²) in [5.41, 5.74) is 0.779. The van der Waals surface area contributed by atoms with Gasteiger partial charge in [-0.05, 0) is 48.5 Å². The molecule has 0 unspecified atom stereocenters. The average Bonchev–Trinajstić information content (AvgIpc) is 2.72. The lowest BCUT2D eigenvalue weighted by molar-refractivity contribution is -0.118. The summed E-state index contributed by atoms with van der Waals surface area (Å²) in [5.74, 6) is -0.644. The van der Waals surface area contributed by atoms with Crippen LogP contribution >= 0.6 is 15.9 Å². The largest absolute Gasteiger partial charge is 0.493 e. The molecule has 0 bridgehead atoms. The van der Waals surface area contributed by atoms with Gasteiger partial charge in [0.25, 0.3) is 11.8 Å². The highest BCUT2D eigenvalue weighted by Gasteiger charge is 2.13. The number of anilines is 2. The molecular weight excluding hydrogens is 455 g/mol. The van der Waals surface area contributed by atoms with E-state index in [1.54, 1.807) is 54.6 Å². The van der Waals surface area contributed by atoms with E-state index in [0.29, 0.717) is 27.3 Å². The summed E-state index contributed by atoms with van der Waals surface area (Å²) in [7, 11) is 1.52. The van der Waals surface area contributed by atoms with Crippen LogP contribution in [0.3, 0.4) is 0 Å². The van der Waals surface area contributed by atoms with Crippen LogP contribution in [-0.4, -0.2) is 25.5 Å². The molecule has 0 saturated heterocycles. The number of ether oxygens (including phenoxy) is 2. The van der Waals surface area contributed by atoms with Gasteiger partial charge in [0, 0.05) is 15.8 Å². The first-order valence-electron chi connectivity index (χ1n) is 8.88. The first-order chi connectivity index (χ1) is 14.5. The van der Waals surface area contributed by atoms with Crippen molar-refractivity contribution >= 4 is 39.1 Å². The van der Waals surface area contributed by atoms with Crippen molar-refractivity contribution in [3.8, 4) is 11.5 Å². The maximum atomic E-state index is 14.0. The third-order valence-corrected chi connectivity index (χ3v) is 4.50. The van der Waals surface area contributed by atoms with Gasteiger partial charge in [-0.2, -0.15) is 0 Å². The Balaban J connectivity index is 1.61. The fourth-order valence-corrected chi connectivity index (χ4v) is 2.96. The molecule has 2 amide bonds. The molecule has 2 N–H and O–H groups in total. The van der Waals surface area contributed by atoms with Crippen molar-refractivity contribution < 1.29 is 23.5 Å². The lowest BCUT2D eigenvalue weighted by atomic mass is 10.2. The zero-order valence-electron chi connectivity index (χ0n) is 15.9. The zero-order chi connectivity index (χ0) is 21.5. The van der Waals surface area contributed by atoms with E-state index in [9.17, 15) is 14.0 Å². The van der Waals surface area contributed by atoms with E-state index in [4.69, 9.17) is 9.47 Å². The number of hydrogen-bond acceptors (Lipinski definition) is 4. The molecule has 0 aliphatic heterocycles. The third-order valence-electron chi connectivity index (χ3n) is 4.01.